The molecule has 1 aliphatic rings. The van der Waals surface area contributed by atoms with Crippen LogP contribution in [0, 0.1) is 16.2 Å². The van der Waals surface area contributed by atoms with Gasteiger partial charge in [0.1, 0.15) is 0 Å². The van der Waals surface area contributed by atoms with Gasteiger partial charge < -0.3 is 0 Å². The van der Waals surface area contributed by atoms with Crippen molar-refractivity contribution in [1.82, 2.24) is 0 Å². The molecule has 0 amide bonds. The maximum Gasteiger partial charge on any atom is 0.235 e. The topological polar surface area (TPSA) is 58.9 Å². The first-order valence-electron chi connectivity index (χ1n) is 9.61. The molecule has 0 heterocycles. The first kappa shape index (κ1) is 21.8. The molecule has 1 saturated carbocycles. The summed E-state index contributed by atoms with van der Waals surface area (Å²) in [5, 5.41) is 0. The average Bonchev–Trinajstić information content (AvgIpc) is 2.77. The van der Waals surface area contributed by atoms with E-state index in [2.05, 4.69) is 37.7 Å². The highest BCUT2D eigenvalue weighted by Crippen LogP contribution is 2.62. The van der Waals surface area contributed by atoms with Crippen molar-refractivity contribution in [3.63, 3.8) is 0 Å². The van der Waals surface area contributed by atoms with Crippen molar-refractivity contribution < 1.29 is 9.59 Å². The molecule has 3 atom stereocenters. The van der Waals surface area contributed by atoms with Gasteiger partial charge in [-0.25, -0.2) is 14.6 Å². The summed E-state index contributed by atoms with van der Waals surface area (Å²) in [6.07, 6.45) is 11.1. The number of nitrogens with zero attached hydrogens (tertiary/aromatic N) is 2. The summed E-state index contributed by atoms with van der Waals surface area (Å²) in [5.41, 5.74) is 0.101. The molecule has 0 aliphatic heterocycles. The fraction of sp³-hybridized carbons (Fsp3) is 0.905. The summed E-state index contributed by atoms with van der Waals surface area (Å²) >= 11 is 0. The lowest BCUT2D eigenvalue weighted by atomic mass is 9.59. The average molecular weight is 349 g/mol. The molecule has 4 heteroatoms. The number of hydrogen-bond donors (Lipinski definition) is 0. The highest BCUT2D eigenvalue weighted by molar-refractivity contribution is 5.34. The van der Waals surface area contributed by atoms with Crippen LogP contribution in [0.4, 0.5) is 0 Å². The van der Waals surface area contributed by atoms with E-state index in [1.54, 1.807) is 12.2 Å². The number of hydrogen-bond acceptors (Lipinski definition) is 4. The van der Waals surface area contributed by atoms with Crippen LogP contribution in [0.1, 0.15) is 93.4 Å². The molecular formula is C21H36N2O2. The van der Waals surface area contributed by atoms with Crippen LogP contribution in [-0.4, -0.2) is 23.7 Å². The third-order valence-electron chi connectivity index (χ3n) is 6.61. The molecule has 0 aromatic heterocycles. The normalized spacial score (nSPS) is 28.1. The van der Waals surface area contributed by atoms with E-state index >= 15 is 0 Å². The standard InChI is InChI=1S/C21H36N2O2/c1-8-9-21(12-17(2)22-15-24)11-10-20(7,14-21)18(3,4)13-19(5,6)23-16-25/h17H,8-14H2,1-7H3. The van der Waals surface area contributed by atoms with Crippen LogP contribution >= 0.6 is 0 Å². The Labute approximate surface area is 153 Å². The molecule has 0 aromatic rings. The van der Waals surface area contributed by atoms with Gasteiger partial charge in [0.05, 0.1) is 11.6 Å². The van der Waals surface area contributed by atoms with Gasteiger partial charge in [0.2, 0.25) is 12.2 Å². The van der Waals surface area contributed by atoms with Gasteiger partial charge in [0.25, 0.3) is 0 Å². The van der Waals surface area contributed by atoms with Gasteiger partial charge in [-0.2, -0.15) is 4.99 Å². The van der Waals surface area contributed by atoms with E-state index in [9.17, 15) is 9.59 Å². The molecule has 0 radical (unpaired) electrons. The first-order chi connectivity index (χ1) is 11.4. The first-order valence-corrected chi connectivity index (χ1v) is 9.61. The molecular weight excluding hydrogens is 312 g/mol. The summed E-state index contributed by atoms with van der Waals surface area (Å²) in [5.74, 6) is 0. The molecule has 0 aromatic carbocycles. The molecule has 4 nitrogen and oxygen atoms in total. The van der Waals surface area contributed by atoms with Crippen molar-refractivity contribution in [2.24, 2.45) is 26.2 Å². The fourth-order valence-corrected chi connectivity index (χ4v) is 5.36. The monoisotopic (exact) mass is 348 g/mol. The molecule has 142 valence electrons. The molecule has 0 N–H and O–H groups in total. The third-order valence-corrected chi connectivity index (χ3v) is 6.61. The van der Waals surface area contributed by atoms with E-state index < -0.39 is 0 Å². The Morgan fingerprint density at radius 3 is 2.28 bits per heavy atom. The Hall–Kier alpha value is -1.24. The van der Waals surface area contributed by atoms with Gasteiger partial charge in [-0.1, -0.05) is 34.1 Å². The molecule has 3 unspecified atom stereocenters. The lowest BCUT2D eigenvalue weighted by molar-refractivity contribution is 0.0461. The van der Waals surface area contributed by atoms with E-state index in [0.29, 0.717) is 0 Å². The van der Waals surface area contributed by atoms with Crippen LogP contribution in [0.15, 0.2) is 9.98 Å². The van der Waals surface area contributed by atoms with Crippen molar-refractivity contribution in [1.29, 1.82) is 0 Å². The second kappa shape index (κ2) is 7.98. The predicted molar refractivity (Wildman–Crippen MR) is 102 cm³/mol. The zero-order chi connectivity index (χ0) is 19.4. The van der Waals surface area contributed by atoms with E-state index in [1.165, 1.54) is 19.3 Å². The van der Waals surface area contributed by atoms with Crippen LogP contribution < -0.4 is 0 Å². The quantitative estimate of drug-likeness (QED) is 0.402. The molecule has 1 aliphatic carbocycles. The minimum atomic E-state index is -0.390. The second-order valence-corrected chi connectivity index (χ2v) is 9.84. The van der Waals surface area contributed by atoms with Crippen molar-refractivity contribution >= 4 is 12.2 Å². The summed E-state index contributed by atoms with van der Waals surface area (Å²) in [4.78, 5) is 29.3. The van der Waals surface area contributed by atoms with Crippen LogP contribution in [0.25, 0.3) is 0 Å². The van der Waals surface area contributed by atoms with Crippen molar-refractivity contribution in [2.45, 2.75) is 105 Å². The second-order valence-electron chi connectivity index (χ2n) is 9.84. The summed E-state index contributed by atoms with van der Waals surface area (Å²) < 4.78 is 0. The van der Waals surface area contributed by atoms with Crippen LogP contribution in [0.5, 0.6) is 0 Å². The highest BCUT2D eigenvalue weighted by atomic mass is 16.1. The van der Waals surface area contributed by atoms with Gasteiger partial charge in [-0.05, 0) is 75.5 Å². The SMILES string of the molecule is CCCC1(CC(C)N=C=O)CCC(C)(C(C)(C)CC(C)(C)N=C=O)C1. The van der Waals surface area contributed by atoms with Crippen LogP contribution in [0.3, 0.4) is 0 Å². The highest BCUT2D eigenvalue weighted by Gasteiger charge is 2.53. The van der Waals surface area contributed by atoms with Gasteiger partial charge in [-0.3, -0.25) is 0 Å². The zero-order valence-electron chi connectivity index (χ0n) is 17.2. The van der Waals surface area contributed by atoms with Gasteiger partial charge in [0, 0.05) is 0 Å². The summed E-state index contributed by atoms with van der Waals surface area (Å²) in [7, 11) is 0. The minimum absolute atomic E-state index is 0.0330. The summed E-state index contributed by atoms with van der Waals surface area (Å²) in [6, 6.07) is 0.0330. The van der Waals surface area contributed by atoms with E-state index in [-0.39, 0.29) is 27.8 Å². The molecule has 25 heavy (non-hydrogen) atoms. The van der Waals surface area contributed by atoms with Gasteiger partial charge >= 0.3 is 0 Å². The van der Waals surface area contributed by atoms with Crippen molar-refractivity contribution in [3.8, 4) is 0 Å². The number of carbonyl (C=O) groups excluding carboxylic acids is 2. The Bertz CT molecular complexity index is 556. The van der Waals surface area contributed by atoms with E-state index in [0.717, 1.165) is 25.7 Å². The maximum absolute atomic E-state index is 10.7. The predicted octanol–water partition coefficient (Wildman–Crippen LogP) is 5.61. The number of rotatable bonds is 9. The molecule has 1 fully saturated rings. The van der Waals surface area contributed by atoms with E-state index in [1.807, 2.05) is 20.8 Å². The Morgan fingerprint density at radius 2 is 1.76 bits per heavy atom. The third kappa shape index (κ3) is 5.36. The number of aliphatic imine (C=N–C) groups is 2. The lowest BCUT2D eigenvalue weighted by Crippen LogP contribution is -2.39. The largest absolute Gasteiger partial charge is 0.235 e. The Balaban J connectivity index is 3.04. The minimum Gasteiger partial charge on any atom is -0.211 e. The van der Waals surface area contributed by atoms with Crippen molar-refractivity contribution in [2.75, 3.05) is 0 Å². The fourth-order valence-electron chi connectivity index (χ4n) is 5.36. The molecule has 1 rings (SSSR count). The summed E-state index contributed by atoms with van der Waals surface area (Å²) in [6.45, 7) is 15.3. The molecule has 0 bridgehead atoms. The Morgan fingerprint density at radius 1 is 1.12 bits per heavy atom. The van der Waals surface area contributed by atoms with E-state index in [4.69, 9.17) is 0 Å². The van der Waals surface area contributed by atoms with Gasteiger partial charge in [-0.15, -0.1) is 0 Å². The smallest absolute Gasteiger partial charge is 0.211 e. The van der Waals surface area contributed by atoms with Crippen molar-refractivity contribution in [3.05, 3.63) is 0 Å². The molecule has 0 spiro atoms. The van der Waals surface area contributed by atoms with Crippen LogP contribution in [0.2, 0.25) is 0 Å². The zero-order valence-corrected chi connectivity index (χ0v) is 17.2. The Kier molecular flexibility index (Phi) is 6.95. The molecule has 0 saturated heterocycles. The maximum atomic E-state index is 10.7. The lowest BCUT2D eigenvalue weighted by Gasteiger charge is -2.46. The van der Waals surface area contributed by atoms with Crippen LogP contribution in [-0.2, 0) is 9.59 Å². The van der Waals surface area contributed by atoms with Gasteiger partial charge in [0.15, 0.2) is 0 Å². The number of isocyanates is 2.